The van der Waals surface area contributed by atoms with Crippen LogP contribution in [0, 0.1) is 0 Å². The van der Waals surface area contributed by atoms with Crippen molar-refractivity contribution in [2.45, 2.75) is 0 Å². The van der Waals surface area contributed by atoms with Crippen LogP contribution in [-0.4, -0.2) is 20.9 Å². The van der Waals surface area contributed by atoms with Crippen LogP contribution >= 0.6 is 0 Å². The van der Waals surface area contributed by atoms with Crippen LogP contribution in [0.15, 0.2) is 13.2 Å². The molecule has 0 aliphatic rings. The minimum atomic E-state index is 0.639. The third-order valence-corrected chi connectivity index (χ3v) is 0.289. The van der Waals surface area contributed by atoms with Gasteiger partial charge in [-0.2, -0.15) is 0 Å². The summed E-state index contributed by atoms with van der Waals surface area (Å²) in [6.07, 6.45) is 0. The van der Waals surface area contributed by atoms with Gasteiger partial charge in [0, 0.05) is 7.11 Å². The Morgan fingerprint density at radius 2 is 2.00 bits per heavy atom. The van der Waals surface area contributed by atoms with Crippen molar-refractivity contribution in [1.29, 1.82) is 0 Å². The first-order valence-electron chi connectivity index (χ1n) is 2.05. The van der Waals surface area contributed by atoms with Crippen molar-refractivity contribution in [2.75, 3.05) is 20.9 Å². The molecule has 0 unspecified atom stereocenters. The Hall–Kier alpha value is -0.340. The van der Waals surface area contributed by atoms with E-state index in [0.717, 1.165) is 0 Å². The van der Waals surface area contributed by atoms with Crippen molar-refractivity contribution in [1.82, 2.24) is 5.32 Å². The molecule has 0 aromatic carbocycles. The molecule has 0 saturated heterocycles. The van der Waals surface area contributed by atoms with Crippen LogP contribution in [0.4, 0.5) is 0 Å². The van der Waals surface area contributed by atoms with Gasteiger partial charge < -0.3 is 4.74 Å². The summed E-state index contributed by atoms with van der Waals surface area (Å²) >= 11 is 0. The largest absolute Gasteiger partial charge is 0.370 e. The Kier molecular flexibility index (Phi) is 24.4. The molecule has 0 radical (unpaired) electrons. The molecule has 0 bridgehead atoms. The Morgan fingerprint density at radius 1 is 1.57 bits per heavy atom. The van der Waals surface area contributed by atoms with Crippen molar-refractivity contribution in [2.24, 2.45) is 0 Å². The van der Waals surface area contributed by atoms with Crippen LogP contribution in [0.1, 0.15) is 0 Å². The smallest absolute Gasteiger partial charge is 0.0958 e. The van der Waals surface area contributed by atoms with Crippen LogP contribution in [-0.2, 0) is 4.74 Å². The second-order valence-corrected chi connectivity index (χ2v) is 0.787. The molecule has 2 nitrogen and oxygen atoms in total. The third kappa shape index (κ3) is 27.5. The van der Waals surface area contributed by atoms with E-state index in [1.165, 1.54) is 0 Å². The number of rotatable bonds is 2. The number of methoxy groups -OCH3 is 1. The molecule has 0 spiro atoms. The molecule has 44 valence electrons. The maximum absolute atomic E-state index is 4.58. The highest BCUT2D eigenvalue weighted by atomic mass is 16.5. The van der Waals surface area contributed by atoms with Crippen molar-refractivity contribution in [3.05, 3.63) is 13.2 Å². The topological polar surface area (TPSA) is 21.3 Å². The summed E-state index contributed by atoms with van der Waals surface area (Å²) in [7, 11) is 3.49. The molecule has 7 heavy (non-hydrogen) atoms. The van der Waals surface area contributed by atoms with Gasteiger partial charge in [0.1, 0.15) is 0 Å². The maximum Gasteiger partial charge on any atom is 0.0958 e. The highest BCUT2D eigenvalue weighted by Gasteiger charge is 1.61. The minimum absolute atomic E-state index is 0.639. The first-order valence-corrected chi connectivity index (χ1v) is 2.05. The Morgan fingerprint density at radius 3 is 2.00 bits per heavy atom. The van der Waals surface area contributed by atoms with Gasteiger partial charge in [0.15, 0.2) is 0 Å². The molecule has 0 atom stereocenters. The van der Waals surface area contributed by atoms with E-state index in [2.05, 4.69) is 23.2 Å². The minimum Gasteiger partial charge on any atom is -0.370 e. The highest BCUT2D eigenvalue weighted by Crippen LogP contribution is 1.48. The van der Waals surface area contributed by atoms with E-state index in [1.807, 2.05) is 7.05 Å². The molecular weight excluding hydrogens is 90.1 g/mol. The normalized spacial score (nSPS) is 6.57. The summed E-state index contributed by atoms with van der Waals surface area (Å²) < 4.78 is 4.58. The summed E-state index contributed by atoms with van der Waals surface area (Å²) in [5, 5.41) is 2.80. The highest BCUT2D eigenvalue weighted by molar-refractivity contribution is 4.22. The van der Waals surface area contributed by atoms with Gasteiger partial charge in [-0.1, -0.05) is 0 Å². The van der Waals surface area contributed by atoms with E-state index < -0.39 is 0 Å². The zero-order valence-corrected chi connectivity index (χ0v) is 5.03. The molecule has 0 amide bonds. The van der Waals surface area contributed by atoms with Crippen LogP contribution in [0.2, 0.25) is 0 Å². The van der Waals surface area contributed by atoms with Gasteiger partial charge in [0.25, 0.3) is 0 Å². The Labute approximate surface area is 45.2 Å². The summed E-state index contributed by atoms with van der Waals surface area (Å²) in [5.74, 6) is 0. The summed E-state index contributed by atoms with van der Waals surface area (Å²) in [6.45, 7) is 6.64. The van der Waals surface area contributed by atoms with Crippen molar-refractivity contribution < 1.29 is 4.74 Å². The number of hydrogen-bond acceptors (Lipinski definition) is 2. The number of hydrogen-bond donors (Lipinski definition) is 1. The lowest BCUT2D eigenvalue weighted by molar-refractivity contribution is 0.183. The SMILES string of the molecule is C=C.CNCOC. The molecule has 0 aromatic heterocycles. The monoisotopic (exact) mass is 103 g/mol. The molecule has 1 N–H and O–H groups in total. The maximum atomic E-state index is 4.58. The van der Waals surface area contributed by atoms with Gasteiger partial charge in [0.2, 0.25) is 0 Å². The van der Waals surface area contributed by atoms with Crippen LogP contribution in [0.5, 0.6) is 0 Å². The van der Waals surface area contributed by atoms with Gasteiger partial charge in [-0.05, 0) is 7.05 Å². The second-order valence-electron chi connectivity index (χ2n) is 0.787. The molecule has 0 aliphatic heterocycles. The summed E-state index contributed by atoms with van der Waals surface area (Å²) in [5.41, 5.74) is 0. The van der Waals surface area contributed by atoms with E-state index in [4.69, 9.17) is 0 Å². The molecule has 0 saturated carbocycles. The number of nitrogens with one attached hydrogen (secondary N) is 1. The summed E-state index contributed by atoms with van der Waals surface area (Å²) in [4.78, 5) is 0. The fourth-order valence-electron chi connectivity index (χ4n) is 0.144. The second kappa shape index (κ2) is 17.4. The van der Waals surface area contributed by atoms with Crippen molar-refractivity contribution in [3.63, 3.8) is 0 Å². The molecule has 0 aromatic rings. The molecule has 0 rings (SSSR count). The van der Waals surface area contributed by atoms with E-state index in [-0.39, 0.29) is 0 Å². The lowest BCUT2D eigenvalue weighted by Crippen LogP contribution is -2.08. The quantitative estimate of drug-likeness (QED) is 0.408. The fourth-order valence-corrected chi connectivity index (χ4v) is 0.144. The van der Waals surface area contributed by atoms with Crippen LogP contribution < -0.4 is 5.32 Å². The van der Waals surface area contributed by atoms with Gasteiger partial charge in [-0.15, -0.1) is 13.2 Å². The van der Waals surface area contributed by atoms with E-state index >= 15 is 0 Å². The van der Waals surface area contributed by atoms with Crippen molar-refractivity contribution >= 4 is 0 Å². The first kappa shape index (κ1) is 9.83. The van der Waals surface area contributed by atoms with Gasteiger partial charge in [-0.25, -0.2) is 0 Å². The summed E-state index contributed by atoms with van der Waals surface area (Å²) in [6, 6.07) is 0. The zero-order chi connectivity index (χ0) is 6.12. The van der Waals surface area contributed by atoms with Crippen LogP contribution in [0.3, 0.4) is 0 Å². The first-order chi connectivity index (χ1) is 3.41. The van der Waals surface area contributed by atoms with Gasteiger partial charge >= 0.3 is 0 Å². The standard InChI is InChI=1S/C3H9NO.C2H4/c1-4-3-5-2;1-2/h4H,3H2,1-2H3;1-2H2. The predicted octanol–water partition coefficient (Wildman–Crippen LogP) is 0.612. The molecule has 0 heterocycles. The molecule has 2 heteroatoms. The third-order valence-electron chi connectivity index (χ3n) is 0.289. The molecular formula is C5H13NO. The fraction of sp³-hybridized carbons (Fsp3) is 0.600. The predicted molar refractivity (Wildman–Crippen MR) is 32.2 cm³/mol. The van der Waals surface area contributed by atoms with E-state index in [9.17, 15) is 0 Å². The van der Waals surface area contributed by atoms with Gasteiger partial charge in [-0.3, -0.25) is 5.32 Å². The van der Waals surface area contributed by atoms with Crippen LogP contribution in [0.25, 0.3) is 0 Å². The molecule has 0 fully saturated rings. The number of ether oxygens (including phenoxy) is 1. The average molecular weight is 103 g/mol. The molecule has 0 aliphatic carbocycles. The Balaban J connectivity index is 0. The zero-order valence-electron chi connectivity index (χ0n) is 5.03. The Bertz CT molecular complexity index is 22.0. The average Bonchev–Trinajstić information content (AvgIpc) is 1.75. The van der Waals surface area contributed by atoms with Gasteiger partial charge in [0.05, 0.1) is 6.73 Å². The lowest BCUT2D eigenvalue weighted by atomic mass is 11.2. The lowest BCUT2D eigenvalue weighted by Gasteiger charge is -1.88. The van der Waals surface area contributed by atoms with Crippen molar-refractivity contribution in [3.8, 4) is 0 Å². The van der Waals surface area contributed by atoms with E-state index in [1.54, 1.807) is 7.11 Å². The van der Waals surface area contributed by atoms with E-state index in [0.29, 0.717) is 6.73 Å².